The standard InChI is InChI=1S/C11H11N3O3S/c1-17-7-4-5(2-3-6(7)15)8-9-10(14-13-8)12-11(16)18-9/h2-4,8-9,13,15H,1H3,(H,12,14,16). The molecule has 0 saturated carbocycles. The summed E-state index contributed by atoms with van der Waals surface area (Å²) >= 11 is 1.21. The Balaban J connectivity index is 1.90. The van der Waals surface area contributed by atoms with Crippen LogP contribution in [0.2, 0.25) is 0 Å². The number of carbonyl (C=O) groups is 1. The lowest BCUT2D eigenvalue weighted by atomic mass is 10.0. The summed E-state index contributed by atoms with van der Waals surface area (Å²) in [6.45, 7) is 0. The van der Waals surface area contributed by atoms with E-state index >= 15 is 0 Å². The van der Waals surface area contributed by atoms with Gasteiger partial charge in [0.2, 0.25) is 0 Å². The number of amidine groups is 1. The molecule has 3 rings (SSSR count). The summed E-state index contributed by atoms with van der Waals surface area (Å²) in [6.07, 6.45) is 0. The van der Waals surface area contributed by atoms with Crippen LogP contribution in [0, 0.1) is 0 Å². The number of rotatable bonds is 2. The fourth-order valence-electron chi connectivity index (χ4n) is 2.04. The van der Waals surface area contributed by atoms with Crippen LogP contribution in [0.25, 0.3) is 0 Å². The zero-order valence-electron chi connectivity index (χ0n) is 9.51. The van der Waals surface area contributed by atoms with Gasteiger partial charge in [0.1, 0.15) is 5.84 Å². The van der Waals surface area contributed by atoms with Gasteiger partial charge >= 0.3 is 0 Å². The second-order valence-electron chi connectivity index (χ2n) is 3.99. The van der Waals surface area contributed by atoms with Crippen LogP contribution in [0.5, 0.6) is 11.5 Å². The third kappa shape index (κ3) is 1.67. The maximum absolute atomic E-state index is 11.3. The number of hydrazone groups is 1. The van der Waals surface area contributed by atoms with Crippen LogP contribution < -0.4 is 15.5 Å². The van der Waals surface area contributed by atoms with Crippen LogP contribution in [-0.4, -0.2) is 28.5 Å². The maximum Gasteiger partial charge on any atom is 0.285 e. The van der Waals surface area contributed by atoms with Gasteiger partial charge in [0, 0.05) is 0 Å². The molecule has 0 aromatic heterocycles. The second-order valence-corrected chi connectivity index (χ2v) is 5.10. The Morgan fingerprint density at radius 3 is 3.11 bits per heavy atom. The lowest BCUT2D eigenvalue weighted by molar-refractivity contribution is 0.265. The first-order valence-corrected chi connectivity index (χ1v) is 6.24. The molecule has 0 spiro atoms. The SMILES string of the molecule is COc1cc(C2NN=C3NC(=O)SC32)ccc1O. The summed E-state index contributed by atoms with van der Waals surface area (Å²) in [5, 5.41) is 16.2. The third-order valence-corrected chi connectivity index (χ3v) is 3.99. The molecule has 0 aliphatic carbocycles. The molecule has 2 aliphatic heterocycles. The number of thioether (sulfide) groups is 1. The Hall–Kier alpha value is -1.89. The predicted octanol–water partition coefficient (Wildman–Crippen LogP) is 1.18. The molecule has 1 aromatic carbocycles. The number of benzene rings is 1. The number of ether oxygens (including phenoxy) is 1. The molecule has 0 radical (unpaired) electrons. The van der Waals surface area contributed by atoms with Crippen molar-refractivity contribution in [1.82, 2.24) is 10.7 Å². The fraction of sp³-hybridized carbons (Fsp3) is 0.273. The van der Waals surface area contributed by atoms with Crippen molar-refractivity contribution in [3.05, 3.63) is 23.8 Å². The Morgan fingerprint density at radius 2 is 2.33 bits per heavy atom. The van der Waals surface area contributed by atoms with Gasteiger partial charge in [-0.25, -0.2) is 0 Å². The van der Waals surface area contributed by atoms with Crippen molar-refractivity contribution >= 4 is 22.8 Å². The number of amides is 1. The van der Waals surface area contributed by atoms with E-state index in [1.54, 1.807) is 18.2 Å². The van der Waals surface area contributed by atoms with Crippen LogP contribution in [0.4, 0.5) is 4.79 Å². The van der Waals surface area contributed by atoms with Crippen LogP contribution >= 0.6 is 11.8 Å². The highest BCUT2D eigenvalue weighted by Gasteiger charge is 2.41. The fourth-order valence-corrected chi connectivity index (χ4v) is 3.01. The normalized spacial score (nSPS) is 25.2. The number of hydrogen-bond donors (Lipinski definition) is 3. The molecule has 2 aliphatic rings. The largest absolute Gasteiger partial charge is 0.504 e. The second kappa shape index (κ2) is 4.09. The van der Waals surface area contributed by atoms with Gasteiger partial charge in [-0.05, 0) is 17.7 Å². The van der Waals surface area contributed by atoms with Crippen LogP contribution in [0.15, 0.2) is 23.3 Å². The van der Waals surface area contributed by atoms with Crippen molar-refractivity contribution in [3.8, 4) is 11.5 Å². The molecule has 2 atom stereocenters. The molecular weight excluding hydrogens is 254 g/mol. The van der Waals surface area contributed by atoms with E-state index in [0.717, 1.165) is 5.56 Å². The smallest absolute Gasteiger partial charge is 0.285 e. The van der Waals surface area contributed by atoms with E-state index in [1.807, 2.05) is 0 Å². The quantitative estimate of drug-likeness (QED) is 0.748. The minimum atomic E-state index is -0.0987. The maximum atomic E-state index is 11.3. The number of hydrogen-bond acceptors (Lipinski definition) is 6. The topological polar surface area (TPSA) is 83.0 Å². The number of nitrogens with zero attached hydrogens (tertiary/aromatic N) is 1. The van der Waals surface area contributed by atoms with Gasteiger partial charge in [0.05, 0.1) is 18.4 Å². The van der Waals surface area contributed by atoms with Crippen molar-refractivity contribution < 1.29 is 14.6 Å². The van der Waals surface area contributed by atoms with Gasteiger partial charge in [0.25, 0.3) is 5.24 Å². The van der Waals surface area contributed by atoms with Crippen molar-refractivity contribution in [2.45, 2.75) is 11.3 Å². The Labute approximate surface area is 107 Å². The predicted molar refractivity (Wildman–Crippen MR) is 67.9 cm³/mol. The summed E-state index contributed by atoms with van der Waals surface area (Å²) in [5.41, 5.74) is 3.90. The number of aromatic hydroxyl groups is 1. The van der Waals surface area contributed by atoms with Crippen molar-refractivity contribution in [3.63, 3.8) is 0 Å². The number of phenolic OH excluding ortho intramolecular Hbond substituents is 1. The summed E-state index contributed by atoms with van der Waals surface area (Å²) in [5.74, 6) is 1.15. The van der Waals surface area contributed by atoms with E-state index in [2.05, 4.69) is 15.8 Å². The van der Waals surface area contributed by atoms with Gasteiger partial charge in [0.15, 0.2) is 11.5 Å². The summed E-state index contributed by atoms with van der Waals surface area (Å²) in [6, 6.07) is 5.01. The lowest BCUT2D eigenvalue weighted by Gasteiger charge is -2.16. The molecule has 18 heavy (non-hydrogen) atoms. The monoisotopic (exact) mass is 265 g/mol. The van der Waals surface area contributed by atoms with E-state index in [9.17, 15) is 9.90 Å². The van der Waals surface area contributed by atoms with Crippen molar-refractivity contribution in [2.24, 2.45) is 5.10 Å². The first-order valence-electron chi connectivity index (χ1n) is 5.36. The summed E-state index contributed by atoms with van der Waals surface area (Å²) in [4.78, 5) is 11.3. The summed E-state index contributed by atoms with van der Waals surface area (Å²) < 4.78 is 5.07. The van der Waals surface area contributed by atoms with E-state index < -0.39 is 0 Å². The molecule has 2 heterocycles. The molecule has 3 N–H and O–H groups in total. The van der Waals surface area contributed by atoms with E-state index in [4.69, 9.17) is 4.74 Å². The number of methoxy groups -OCH3 is 1. The first-order chi connectivity index (χ1) is 8.69. The number of nitrogens with one attached hydrogen (secondary N) is 2. The van der Waals surface area contributed by atoms with Gasteiger partial charge < -0.3 is 15.2 Å². The number of phenols is 1. The molecule has 7 heteroatoms. The van der Waals surface area contributed by atoms with Crippen molar-refractivity contribution in [1.29, 1.82) is 0 Å². The highest BCUT2D eigenvalue weighted by atomic mass is 32.2. The number of carbonyl (C=O) groups excluding carboxylic acids is 1. The molecule has 1 saturated heterocycles. The molecule has 1 amide bonds. The molecule has 94 valence electrons. The van der Waals surface area contributed by atoms with Gasteiger partial charge in [-0.1, -0.05) is 17.8 Å². The molecule has 1 aromatic rings. The average molecular weight is 265 g/mol. The van der Waals surface area contributed by atoms with Crippen LogP contribution in [0.3, 0.4) is 0 Å². The zero-order chi connectivity index (χ0) is 12.7. The minimum Gasteiger partial charge on any atom is -0.504 e. The lowest BCUT2D eigenvalue weighted by Crippen LogP contribution is -2.25. The van der Waals surface area contributed by atoms with Crippen LogP contribution in [-0.2, 0) is 0 Å². The van der Waals surface area contributed by atoms with E-state index in [0.29, 0.717) is 11.6 Å². The Kier molecular flexibility index (Phi) is 2.55. The molecule has 6 nitrogen and oxygen atoms in total. The van der Waals surface area contributed by atoms with Crippen molar-refractivity contribution in [2.75, 3.05) is 7.11 Å². The first kappa shape index (κ1) is 11.2. The summed E-state index contributed by atoms with van der Waals surface area (Å²) in [7, 11) is 1.50. The number of fused-ring (bicyclic) bond motifs is 1. The molecule has 0 bridgehead atoms. The molecular formula is C11H11N3O3S. The van der Waals surface area contributed by atoms with E-state index in [1.165, 1.54) is 18.9 Å². The van der Waals surface area contributed by atoms with E-state index in [-0.39, 0.29) is 22.3 Å². The third-order valence-electron chi connectivity index (χ3n) is 2.92. The molecule has 1 fully saturated rings. The van der Waals surface area contributed by atoms with Crippen LogP contribution in [0.1, 0.15) is 11.6 Å². The Bertz CT molecular complexity index is 546. The van der Waals surface area contributed by atoms with Gasteiger partial charge in [-0.2, -0.15) is 5.10 Å². The Morgan fingerprint density at radius 1 is 1.50 bits per heavy atom. The highest BCUT2D eigenvalue weighted by molar-refractivity contribution is 8.15. The highest BCUT2D eigenvalue weighted by Crippen LogP contribution is 2.37. The minimum absolute atomic E-state index is 0.0493. The van der Waals surface area contributed by atoms with Gasteiger partial charge in [-0.3, -0.25) is 10.2 Å². The zero-order valence-corrected chi connectivity index (χ0v) is 10.3. The molecule has 2 unspecified atom stereocenters. The van der Waals surface area contributed by atoms with Gasteiger partial charge in [-0.15, -0.1) is 0 Å². The average Bonchev–Trinajstić information content (AvgIpc) is 2.89.